The molecule has 0 aromatic heterocycles. The lowest BCUT2D eigenvalue weighted by molar-refractivity contribution is -0.145. The Labute approximate surface area is 122 Å². The fraction of sp³-hybridized carbons (Fsp3) is 0.933. The van der Waals surface area contributed by atoms with Gasteiger partial charge in [-0.15, -0.1) is 0 Å². The van der Waals surface area contributed by atoms with Crippen molar-refractivity contribution in [1.82, 2.24) is 5.32 Å². The molecule has 4 heteroatoms. The van der Waals surface area contributed by atoms with E-state index in [9.17, 15) is 4.79 Å². The lowest BCUT2D eigenvalue weighted by Gasteiger charge is -2.19. The summed E-state index contributed by atoms with van der Waals surface area (Å²) in [6.07, 6.45) is 6.49. The molecule has 1 atom stereocenters. The van der Waals surface area contributed by atoms with Gasteiger partial charge in [-0.2, -0.15) is 11.8 Å². The first kappa shape index (κ1) is 16.8. The second kappa shape index (κ2) is 9.65. The normalized spacial score (nSPS) is 17.9. The van der Waals surface area contributed by atoms with Crippen molar-refractivity contribution in [3.05, 3.63) is 0 Å². The lowest BCUT2D eigenvalue weighted by Crippen LogP contribution is -2.42. The molecule has 1 aliphatic carbocycles. The quantitative estimate of drug-likeness (QED) is 0.522. The minimum absolute atomic E-state index is 0.0994. The van der Waals surface area contributed by atoms with Crippen LogP contribution in [0.1, 0.15) is 52.9 Å². The van der Waals surface area contributed by atoms with Gasteiger partial charge < -0.3 is 10.1 Å². The molecule has 0 aliphatic heterocycles. The highest BCUT2D eigenvalue weighted by Gasteiger charge is 2.20. The average molecular weight is 287 g/mol. The monoisotopic (exact) mass is 287 g/mol. The number of carbonyl (C=O) groups excluding carboxylic acids is 1. The maximum atomic E-state index is 11.8. The van der Waals surface area contributed by atoms with Crippen LogP contribution in [0, 0.1) is 5.92 Å². The van der Waals surface area contributed by atoms with Crippen molar-refractivity contribution >= 4 is 17.7 Å². The lowest BCUT2D eigenvalue weighted by atomic mass is 10.1. The molecule has 0 aromatic rings. The largest absolute Gasteiger partial charge is 0.465 e. The molecule has 0 bridgehead atoms. The number of nitrogens with one attached hydrogen (secondary N) is 1. The molecule has 3 nitrogen and oxygen atoms in total. The van der Waals surface area contributed by atoms with Crippen molar-refractivity contribution in [2.24, 2.45) is 5.92 Å². The highest BCUT2D eigenvalue weighted by atomic mass is 32.2. The van der Waals surface area contributed by atoms with E-state index in [4.69, 9.17) is 4.74 Å². The van der Waals surface area contributed by atoms with Crippen LogP contribution in [0.15, 0.2) is 0 Å². The number of ether oxygens (including phenoxy) is 1. The van der Waals surface area contributed by atoms with Gasteiger partial charge in [-0.25, -0.2) is 0 Å². The molecule has 112 valence electrons. The summed E-state index contributed by atoms with van der Waals surface area (Å²) in [6, 6.07) is 0.172. The molecule has 1 fully saturated rings. The summed E-state index contributed by atoms with van der Waals surface area (Å²) in [4.78, 5) is 11.8. The Bertz CT molecular complexity index is 253. The van der Waals surface area contributed by atoms with Crippen LogP contribution in [0.3, 0.4) is 0 Å². The van der Waals surface area contributed by atoms with E-state index >= 15 is 0 Å². The van der Waals surface area contributed by atoms with Crippen LogP contribution < -0.4 is 5.32 Å². The molecule has 1 aliphatic rings. The molecule has 0 amide bonds. The van der Waals surface area contributed by atoms with Gasteiger partial charge in [-0.05, 0) is 43.6 Å². The van der Waals surface area contributed by atoms with Crippen LogP contribution >= 0.6 is 11.8 Å². The van der Waals surface area contributed by atoms with Gasteiger partial charge in [0.25, 0.3) is 0 Å². The Morgan fingerprint density at radius 2 is 2.05 bits per heavy atom. The first-order valence-electron chi connectivity index (χ1n) is 7.64. The topological polar surface area (TPSA) is 38.3 Å². The van der Waals surface area contributed by atoms with Crippen LogP contribution in [0.25, 0.3) is 0 Å². The number of hydrogen-bond donors (Lipinski definition) is 1. The van der Waals surface area contributed by atoms with E-state index in [1.807, 2.05) is 18.7 Å². The van der Waals surface area contributed by atoms with Crippen molar-refractivity contribution in [2.75, 3.05) is 18.1 Å². The Hall–Kier alpha value is -0.220. The molecule has 1 saturated carbocycles. The third-order valence-electron chi connectivity index (χ3n) is 3.48. The summed E-state index contributed by atoms with van der Waals surface area (Å²) in [5.74, 6) is 3.12. The average Bonchev–Trinajstić information content (AvgIpc) is 2.86. The van der Waals surface area contributed by atoms with Crippen LogP contribution in [-0.4, -0.2) is 36.2 Å². The third kappa shape index (κ3) is 7.21. The van der Waals surface area contributed by atoms with Crippen molar-refractivity contribution in [3.63, 3.8) is 0 Å². The molecule has 0 spiro atoms. The maximum absolute atomic E-state index is 11.8. The van der Waals surface area contributed by atoms with Crippen molar-refractivity contribution in [2.45, 2.75) is 65.0 Å². The summed E-state index contributed by atoms with van der Waals surface area (Å²) in [7, 11) is 0. The van der Waals surface area contributed by atoms with Gasteiger partial charge in [0.15, 0.2) is 0 Å². The second-order valence-corrected chi connectivity index (χ2v) is 6.79. The Morgan fingerprint density at radius 1 is 1.37 bits per heavy atom. The zero-order chi connectivity index (χ0) is 14.1. The van der Waals surface area contributed by atoms with Crippen molar-refractivity contribution in [3.8, 4) is 0 Å². The van der Waals surface area contributed by atoms with Gasteiger partial charge in [-0.3, -0.25) is 4.79 Å². The Balaban J connectivity index is 2.21. The van der Waals surface area contributed by atoms with Gasteiger partial charge in [0.05, 0.1) is 6.61 Å². The number of thioether (sulfide) groups is 1. The first-order chi connectivity index (χ1) is 9.13. The summed E-state index contributed by atoms with van der Waals surface area (Å²) in [5.41, 5.74) is 0. The predicted octanol–water partition coefficient (Wildman–Crippen LogP) is 3.23. The van der Waals surface area contributed by atoms with E-state index < -0.39 is 0 Å². The van der Waals surface area contributed by atoms with Gasteiger partial charge >= 0.3 is 5.97 Å². The first-order valence-corrected chi connectivity index (χ1v) is 8.79. The molecule has 0 radical (unpaired) electrons. The molecule has 0 aromatic carbocycles. The van der Waals surface area contributed by atoms with E-state index in [0.717, 1.165) is 18.1 Å². The fourth-order valence-electron chi connectivity index (χ4n) is 2.54. The summed E-state index contributed by atoms with van der Waals surface area (Å²) >= 11 is 1.99. The van der Waals surface area contributed by atoms with Gasteiger partial charge in [0.1, 0.15) is 6.04 Å². The standard InChI is InChI=1S/C15H29NO2S/c1-4-18-15(17)14(16-12(2)3)9-10-19-11-13-7-5-6-8-13/h12-14,16H,4-11H2,1-3H3. The number of hydrogen-bond acceptors (Lipinski definition) is 4. The maximum Gasteiger partial charge on any atom is 0.323 e. The highest BCUT2D eigenvalue weighted by Crippen LogP contribution is 2.28. The molecule has 1 rings (SSSR count). The summed E-state index contributed by atoms with van der Waals surface area (Å²) in [6.45, 7) is 6.46. The van der Waals surface area contributed by atoms with Crippen LogP contribution in [0.4, 0.5) is 0 Å². The summed E-state index contributed by atoms with van der Waals surface area (Å²) < 4.78 is 5.12. The van der Waals surface area contributed by atoms with Crippen molar-refractivity contribution in [1.29, 1.82) is 0 Å². The Kier molecular flexibility index (Phi) is 8.55. The molecule has 0 saturated heterocycles. The zero-order valence-electron chi connectivity index (χ0n) is 12.6. The minimum Gasteiger partial charge on any atom is -0.465 e. The van der Waals surface area contributed by atoms with Crippen LogP contribution in [-0.2, 0) is 9.53 Å². The van der Waals surface area contributed by atoms with Gasteiger partial charge in [0, 0.05) is 6.04 Å². The third-order valence-corrected chi connectivity index (χ3v) is 4.72. The van der Waals surface area contributed by atoms with Crippen LogP contribution in [0.2, 0.25) is 0 Å². The number of esters is 1. The van der Waals surface area contributed by atoms with E-state index in [-0.39, 0.29) is 12.0 Å². The van der Waals surface area contributed by atoms with E-state index in [2.05, 4.69) is 19.2 Å². The van der Waals surface area contributed by atoms with Crippen molar-refractivity contribution < 1.29 is 9.53 Å². The smallest absolute Gasteiger partial charge is 0.323 e. The minimum atomic E-state index is -0.143. The number of carbonyl (C=O) groups is 1. The predicted molar refractivity (Wildman–Crippen MR) is 82.6 cm³/mol. The highest BCUT2D eigenvalue weighted by molar-refractivity contribution is 7.99. The SMILES string of the molecule is CCOC(=O)C(CCSCC1CCCC1)NC(C)C. The molecule has 0 heterocycles. The molecule has 19 heavy (non-hydrogen) atoms. The van der Waals surface area contributed by atoms with Gasteiger partial charge in [-0.1, -0.05) is 26.7 Å². The van der Waals surface area contributed by atoms with E-state index in [1.54, 1.807) is 0 Å². The summed E-state index contributed by atoms with van der Waals surface area (Å²) in [5, 5.41) is 3.30. The van der Waals surface area contributed by atoms with E-state index in [1.165, 1.54) is 31.4 Å². The number of rotatable bonds is 9. The molecular weight excluding hydrogens is 258 g/mol. The fourth-order valence-corrected chi connectivity index (χ4v) is 3.78. The molecular formula is C15H29NO2S. The van der Waals surface area contributed by atoms with E-state index in [0.29, 0.717) is 12.6 Å². The van der Waals surface area contributed by atoms with Crippen LogP contribution in [0.5, 0.6) is 0 Å². The Morgan fingerprint density at radius 3 is 2.63 bits per heavy atom. The zero-order valence-corrected chi connectivity index (χ0v) is 13.4. The van der Waals surface area contributed by atoms with Gasteiger partial charge in [0.2, 0.25) is 0 Å². The second-order valence-electron chi connectivity index (χ2n) is 5.64. The molecule has 1 N–H and O–H groups in total. The molecule has 1 unspecified atom stereocenters.